The minimum atomic E-state index is -0.936. The molecule has 2 aromatic rings. The molecule has 0 atom stereocenters. The minimum Gasteiger partial charge on any atom is -0.396 e. The van der Waals surface area contributed by atoms with E-state index in [0.717, 1.165) is 11.6 Å². The van der Waals surface area contributed by atoms with Gasteiger partial charge in [0.2, 0.25) is 0 Å². The van der Waals surface area contributed by atoms with E-state index in [-0.39, 0.29) is 11.3 Å². The number of carbonyl (C=O) groups excluding carboxylic acids is 1. The van der Waals surface area contributed by atoms with Gasteiger partial charge < -0.3 is 11.1 Å². The van der Waals surface area contributed by atoms with Crippen molar-refractivity contribution in [2.75, 3.05) is 11.1 Å². The zero-order chi connectivity index (χ0) is 15.6. The number of benzene rings is 2. The van der Waals surface area contributed by atoms with E-state index in [2.05, 4.69) is 5.32 Å². The van der Waals surface area contributed by atoms with E-state index in [0.29, 0.717) is 11.8 Å². The Morgan fingerprint density at radius 3 is 2.48 bits per heavy atom. The maximum absolute atomic E-state index is 13.3. The fourth-order valence-corrected chi connectivity index (χ4v) is 1.75. The van der Waals surface area contributed by atoms with E-state index >= 15 is 0 Å². The van der Waals surface area contributed by atoms with E-state index in [9.17, 15) is 19.3 Å². The van der Waals surface area contributed by atoms with Gasteiger partial charge in [0.15, 0.2) is 5.82 Å². The normalized spacial score (nSPS) is 10.2. The van der Waals surface area contributed by atoms with Crippen LogP contribution in [0, 0.1) is 22.9 Å². The van der Waals surface area contributed by atoms with Crippen molar-refractivity contribution in [3.8, 4) is 0 Å². The van der Waals surface area contributed by atoms with E-state index in [1.54, 1.807) is 24.3 Å². The van der Waals surface area contributed by atoms with Gasteiger partial charge in [-0.3, -0.25) is 14.9 Å². The number of aryl methyl sites for hydroxylation is 1. The number of nitrogens with one attached hydrogen (secondary N) is 1. The molecule has 3 N–H and O–H groups in total. The SMILES string of the molecule is Cc1ccc(NC(=O)c2cc(N)c(F)cc2[N+](=O)[O-])cc1. The Labute approximate surface area is 119 Å². The lowest BCUT2D eigenvalue weighted by atomic mass is 10.1. The van der Waals surface area contributed by atoms with E-state index < -0.39 is 22.3 Å². The highest BCUT2D eigenvalue weighted by atomic mass is 19.1. The number of anilines is 2. The molecule has 2 aromatic carbocycles. The van der Waals surface area contributed by atoms with Crippen molar-refractivity contribution in [3.05, 3.63) is 63.5 Å². The fourth-order valence-electron chi connectivity index (χ4n) is 1.75. The topological polar surface area (TPSA) is 98.3 Å². The Morgan fingerprint density at radius 2 is 1.90 bits per heavy atom. The number of hydrogen-bond acceptors (Lipinski definition) is 4. The lowest BCUT2D eigenvalue weighted by Crippen LogP contribution is -2.15. The predicted octanol–water partition coefficient (Wildman–Crippen LogP) is 2.88. The van der Waals surface area contributed by atoms with Crippen LogP contribution in [0.2, 0.25) is 0 Å². The molecule has 0 spiro atoms. The third-order valence-electron chi connectivity index (χ3n) is 2.87. The molecule has 6 nitrogen and oxygen atoms in total. The Bertz CT molecular complexity index is 714. The third-order valence-corrected chi connectivity index (χ3v) is 2.87. The summed E-state index contributed by atoms with van der Waals surface area (Å²) in [6.45, 7) is 1.89. The number of amides is 1. The van der Waals surface area contributed by atoms with Gasteiger partial charge >= 0.3 is 0 Å². The van der Waals surface area contributed by atoms with Crippen LogP contribution in [0.15, 0.2) is 36.4 Å². The highest BCUT2D eigenvalue weighted by Gasteiger charge is 2.23. The van der Waals surface area contributed by atoms with Crippen molar-refractivity contribution in [1.82, 2.24) is 0 Å². The molecule has 0 aliphatic heterocycles. The van der Waals surface area contributed by atoms with Gasteiger partial charge in [0, 0.05) is 5.69 Å². The van der Waals surface area contributed by atoms with E-state index in [4.69, 9.17) is 5.73 Å². The first-order chi connectivity index (χ1) is 9.88. The molecule has 0 heterocycles. The molecule has 7 heteroatoms. The summed E-state index contributed by atoms with van der Waals surface area (Å²) in [4.78, 5) is 22.2. The Morgan fingerprint density at radius 1 is 1.29 bits per heavy atom. The molecule has 0 fully saturated rings. The first-order valence-electron chi connectivity index (χ1n) is 6.00. The van der Waals surface area contributed by atoms with Crippen LogP contribution in [0.3, 0.4) is 0 Å². The van der Waals surface area contributed by atoms with Crippen molar-refractivity contribution < 1.29 is 14.1 Å². The van der Waals surface area contributed by atoms with Gasteiger partial charge in [-0.15, -0.1) is 0 Å². The Balaban J connectivity index is 2.36. The van der Waals surface area contributed by atoms with Crippen molar-refractivity contribution in [1.29, 1.82) is 0 Å². The van der Waals surface area contributed by atoms with E-state index in [1.165, 1.54) is 0 Å². The van der Waals surface area contributed by atoms with Gasteiger partial charge in [0.25, 0.3) is 11.6 Å². The minimum absolute atomic E-state index is 0.292. The first-order valence-corrected chi connectivity index (χ1v) is 6.00. The molecule has 0 unspecified atom stereocenters. The van der Waals surface area contributed by atoms with Crippen molar-refractivity contribution >= 4 is 23.0 Å². The summed E-state index contributed by atoms with van der Waals surface area (Å²) in [5.41, 5.74) is 5.59. The largest absolute Gasteiger partial charge is 0.396 e. The number of nitrogens with zero attached hydrogens (tertiary/aromatic N) is 1. The number of rotatable bonds is 3. The van der Waals surface area contributed by atoms with Crippen LogP contribution in [-0.2, 0) is 0 Å². The molecule has 0 aromatic heterocycles. The number of nitro benzene ring substituents is 1. The van der Waals surface area contributed by atoms with Gasteiger partial charge in [-0.2, -0.15) is 0 Å². The summed E-state index contributed by atoms with van der Waals surface area (Å²) in [6, 6.07) is 8.47. The summed E-state index contributed by atoms with van der Waals surface area (Å²) >= 11 is 0. The second-order valence-corrected chi connectivity index (χ2v) is 4.47. The van der Waals surface area contributed by atoms with Gasteiger partial charge in [-0.25, -0.2) is 4.39 Å². The zero-order valence-corrected chi connectivity index (χ0v) is 11.1. The smallest absolute Gasteiger partial charge is 0.285 e. The molecule has 0 saturated heterocycles. The lowest BCUT2D eigenvalue weighted by molar-refractivity contribution is -0.385. The number of carbonyl (C=O) groups is 1. The molecule has 0 bridgehead atoms. The van der Waals surface area contributed by atoms with Gasteiger partial charge in [-0.05, 0) is 25.1 Å². The number of nitrogen functional groups attached to an aromatic ring is 1. The summed E-state index contributed by atoms with van der Waals surface area (Å²) in [5, 5.41) is 13.4. The monoisotopic (exact) mass is 289 g/mol. The van der Waals surface area contributed by atoms with Crippen LogP contribution in [0.5, 0.6) is 0 Å². The van der Waals surface area contributed by atoms with Crippen LogP contribution in [0.25, 0.3) is 0 Å². The molecular formula is C14H12FN3O3. The van der Waals surface area contributed by atoms with Crippen molar-refractivity contribution in [3.63, 3.8) is 0 Å². The molecule has 2 rings (SSSR count). The zero-order valence-electron chi connectivity index (χ0n) is 11.1. The average Bonchev–Trinajstić information content (AvgIpc) is 2.43. The maximum Gasteiger partial charge on any atom is 0.285 e. The highest BCUT2D eigenvalue weighted by molar-refractivity contribution is 6.07. The van der Waals surface area contributed by atoms with Crippen LogP contribution in [0.4, 0.5) is 21.5 Å². The van der Waals surface area contributed by atoms with Crippen LogP contribution >= 0.6 is 0 Å². The first kappa shape index (κ1) is 14.4. The summed E-state index contributed by atoms with van der Waals surface area (Å²) < 4.78 is 13.3. The summed E-state index contributed by atoms with van der Waals surface area (Å²) in [6.07, 6.45) is 0. The predicted molar refractivity (Wildman–Crippen MR) is 76.6 cm³/mol. The molecule has 0 aliphatic rings. The molecular weight excluding hydrogens is 277 g/mol. The Kier molecular flexibility index (Phi) is 3.84. The molecule has 0 saturated carbocycles. The number of nitrogens with two attached hydrogens (primary N) is 1. The molecule has 108 valence electrons. The summed E-state index contributed by atoms with van der Waals surface area (Å²) in [7, 11) is 0. The number of nitro groups is 1. The number of halogens is 1. The van der Waals surface area contributed by atoms with Gasteiger partial charge in [-0.1, -0.05) is 17.7 Å². The highest BCUT2D eigenvalue weighted by Crippen LogP contribution is 2.25. The van der Waals surface area contributed by atoms with Crippen molar-refractivity contribution in [2.24, 2.45) is 0 Å². The van der Waals surface area contributed by atoms with Crippen molar-refractivity contribution in [2.45, 2.75) is 6.92 Å². The lowest BCUT2D eigenvalue weighted by Gasteiger charge is -2.07. The van der Waals surface area contributed by atoms with Gasteiger partial charge in [0.05, 0.1) is 16.7 Å². The quantitative estimate of drug-likeness (QED) is 0.515. The second kappa shape index (κ2) is 5.58. The van der Waals surface area contributed by atoms with Crippen LogP contribution < -0.4 is 11.1 Å². The van der Waals surface area contributed by atoms with Crippen LogP contribution in [0.1, 0.15) is 15.9 Å². The fraction of sp³-hybridized carbons (Fsp3) is 0.0714. The van der Waals surface area contributed by atoms with Gasteiger partial charge in [0.1, 0.15) is 5.56 Å². The maximum atomic E-state index is 13.3. The Hall–Kier alpha value is -2.96. The number of hydrogen-bond donors (Lipinski definition) is 2. The van der Waals surface area contributed by atoms with E-state index in [1.807, 2.05) is 6.92 Å². The molecule has 0 radical (unpaired) electrons. The average molecular weight is 289 g/mol. The second-order valence-electron chi connectivity index (χ2n) is 4.47. The summed E-state index contributed by atoms with van der Waals surface area (Å²) in [5.74, 6) is -1.66. The van der Waals surface area contributed by atoms with Crippen LogP contribution in [-0.4, -0.2) is 10.8 Å². The molecule has 21 heavy (non-hydrogen) atoms. The molecule has 0 aliphatic carbocycles. The standard InChI is InChI=1S/C14H12FN3O3/c1-8-2-4-9(5-3-8)17-14(19)10-6-12(16)11(15)7-13(10)18(20)21/h2-7H,16H2,1H3,(H,17,19). The third kappa shape index (κ3) is 3.14. The molecule has 1 amide bonds.